The molecule has 2 heterocycles. The summed E-state index contributed by atoms with van der Waals surface area (Å²) in [7, 11) is -1.00. The number of hydrogen-bond acceptors (Lipinski definition) is 4. The Morgan fingerprint density at radius 1 is 1.00 bits per heavy atom. The van der Waals surface area contributed by atoms with E-state index in [1.54, 1.807) is 0 Å². The van der Waals surface area contributed by atoms with Gasteiger partial charge in [-0.25, -0.2) is 8.93 Å². The first-order chi connectivity index (χ1) is 10.9. The fourth-order valence-corrected chi connectivity index (χ4v) is 3.89. The Morgan fingerprint density at radius 3 is 1.67 bits per heavy atom. The van der Waals surface area contributed by atoms with Gasteiger partial charge in [-0.15, -0.1) is 0 Å². The molecule has 3 N–H and O–H groups in total. The molecule has 144 valence electrons. The van der Waals surface area contributed by atoms with Crippen molar-refractivity contribution in [2.45, 2.75) is 77.1 Å². The average molecular weight is 363 g/mol. The van der Waals surface area contributed by atoms with Gasteiger partial charge < -0.3 is 15.2 Å². The van der Waals surface area contributed by atoms with E-state index in [1.807, 2.05) is 20.8 Å². The van der Waals surface area contributed by atoms with Gasteiger partial charge in [0, 0.05) is 0 Å². The first kappa shape index (κ1) is 22.0. The van der Waals surface area contributed by atoms with Crippen molar-refractivity contribution in [2.75, 3.05) is 26.4 Å². The minimum Gasteiger partial charge on any atom is -0.377 e. The summed E-state index contributed by atoms with van der Waals surface area (Å²) in [4.78, 5) is 0. The lowest BCUT2D eigenvalue weighted by atomic mass is 9.88. The molecule has 0 aliphatic carbocycles. The minimum absolute atomic E-state index is 0.0220. The highest BCUT2D eigenvalue weighted by atomic mass is 32.2. The molecular formula is C18H38N2O3S. The van der Waals surface area contributed by atoms with Gasteiger partial charge in [-0.05, 0) is 45.4 Å². The fraction of sp³-hybridized carbons (Fsp3) is 1.00. The van der Waals surface area contributed by atoms with Crippen molar-refractivity contribution in [1.82, 2.24) is 4.72 Å². The van der Waals surface area contributed by atoms with E-state index >= 15 is 0 Å². The van der Waals surface area contributed by atoms with Crippen LogP contribution in [0.3, 0.4) is 0 Å². The molecule has 0 amide bonds. The molecule has 2 aliphatic rings. The molecule has 1 unspecified atom stereocenters. The largest absolute Gasteiger partial charge is 0.377 e. The topological polar surface area (TPSA) is 73.6 Å². The van der Waals surface area contributed by atoms with Gasteiger partial charge in [0.25, 0.3) is 0 Å². The molecule has 0 aromatic carbocycles. The summed E-state index contributed by atoms with van der Waals surface area (Å²) < 4.78 is 25.3. The summed E-state index contributed by atoms with van der Waals surface area (Å²) in [6.07, 6.45) is 2.11. The molecule has 0 radical (unpaired) electrons. The number of hydrogen-bond donors (Lipinski definition) is 2. The standard InChI is InChI=1S/C11H23NO2S.C7H15NO/c1-9(2)6-11(7-14-8-11)12-15(13)10(3,4)5;1-6(2)3-7(8)4-9-5-7/h9,12H,6-8H2,1-5H3;6H,3-5,8H2,1-2H3. The van der Waals surface area contributed by atoms with Gasteiger partial charge in [0.1, 0.15) is 0 Å². The van der Waals surface area contributed by atoms with Crippen LogP contribution in [0.5, 0.6) is 0 Å². The van der Waals surface area contributed by atoms with E-state index in [1.165, 1.54) is 0 Å². The molecular weight excluding hydrogens is 324 g/mol. The molecule has 6 heteroatoms. The van der Waals surface area contributed by atoms with Gasteiger partial charge in [-0.2, -0.15) is 0 Å². The number of rotatable bonds is 6. The molecule has 0 saturated carbocycles. The quantitative estimate of drug-likeness (QED) is 0.762. The Kier molecular flexibility index (Phi) is 7.88. The first-order valence-corrected chi connectivity index (χ1v) is 10.2. The number of ether oxygens (including phenoxy) is 2. The van der Waals surface area contributed by atoms with E-state index in [-0.39, 0.29) is 15.8 Å². The zero-order valence-corrected chi connectivity index (χ0v) is 17.4. The SMILES string of the molecule is CC(C)CC1(N)COC1.CC(C)CC1(NS(=O)C(C)(C)C)COC1. The third-order valence-electron chi connectivity index (χ3n) is 4.01. The van der Waals surface area contributed by atoms with E-state index in [9.17, 15) is 4.21 Å². The summed E-state index contributed by atoms with van der Waals surface area (Å²) in [5, 5.41) is 0. The average Bonchev–Trinajstić information content (AvgIpc) is 2.32. The van der Waals surface area contributed by atoms with Crippen molar-refractivity contribution in [3.05, 3.63) is 0 Å². The van der Waals surface area contributed by atoms with Crippen molar-refractivity contribution in [3.8, 4) is 0 Å². The van der Waals surface area contributed by atoms with Gasteiger partial charge in [0.2, 0.25) is 0 Å². The van der Waals surface area contributed by atoms with E-state index in [0.717, 1.165) is 26.1 Å². The first-order valence-electron chi connectivity index (χ1n) is 9.02. The highest BCUT2D eigenvalue weighted by Crippen LogP contribution is 2.27. The van der Waals surface area contributed by atoms with Crippen LogP contribution in [-0.4, -0.2) is 46.5 Å². The van der Waals surface area contributed by atoms with Crippen LogP contribution in [0.15, 0.2) is 0 Å². The normalized spacial score (nSPS) is 23.1. The predicted molar refractivity (Wildman–Crippen MR) is 101 cm³/mol. The van der Waals surface area contributed by atoms with Gasteiger partial charge in [0.05, 0.1) is 53.2 Å². The van der Waals surface area contributed by atoms with Crippen molar-refractivity contribution >= 4 is 11.0 Å². The molecule has 2 fully saturated rings. The summed E-state index contributed by atoms with van der Waals surface area (Å²) >= 11 is 0. The zero-order valence-electron chi connectivity index (χ0n) is 16.6. The molecule has 0 aromatic heterocycles. The molecule has 2 saturated heterocycles. The Morgan fingerprint density at radius 2 is 1.46 bits per heavy atom. The van der Waals surface area contributed by atoms with E-state index in [0.29, 0.717) is 25.0 Å². The van der Waals surface area contributed by atoms with Crippen molar-refractivity contribution in [2.24, 2.45) is 17.6 Å². The van der Waals surface area contributed by atoms with E-state index < -0.39 is 11.0 Å². The van der Waals surface area contributed by atoms with Gasteiger partial charge >= 0.3 is 0 Å². The molecule has 2 aliphatic heterocycles. The van der Waals surface area contributed by atoms with Crippen LogP contribution in [0.2, 0.25) is 0 Å². The molecule has 2 rings (SSSR count). The number of nitrogens with two attached hydrogens (primary N) is 1. The predicted octanol–water partition coefficient (Wildman–Crippen LogP) is 2.61. The Labute approximate surface area is 151 Å². The Balaban J connectivity index is 0.000000272. The second kappa shape index (κ2) is 8.58. The maximum atomic E-state index is 12.0. The van der Waals surface area contributed by atoms with Gasteiger partial charge in [-0.3, -0.25) is 0 Å². The summed E-state index contributed by atoms with van der Waals surface area (Å²) in [5.41, 5.74) is 5.85. The van der Waals surface area contributed by atoms with Crippen molar-refractivity contribution < 1.29 is 13.7 Å². The van der Waals surface area contributed by atoms with Crippen LogP contribution in [0.25, 0.3) is 0 Å². The Hall–Kier alpha value is -0.0100. The third kappa shape index (κ3) is 7.08. The molecule has 0 spiro atoms. The lowest BCUT2D eigenvalue weighted by molar-refractivity contribution is -0.0712. The summed E-state index contributed by atoms with van der Waals surface area (Å²) in [6, 6.07) is 0. The minimum atomic E-state index is -1.00. The van der Waals surface area contributed by atoms with Crippen molar-refractivity contribution in [1.29, 1.82) is 0 Å². The number of nitrogens with one attached hydrogen (secondary N) is 1. The molecule has 5 nitrogen and oxygen atoms in total. The fourth-order valence-electron chi connectivity index (χ4n) is 2.99. The van der Waals surface area contributed by atoms with E-state index in [2.05, 4.69) is 32.4 Å². The highest BCUT2D eigenvalue weighted by Gasteiger charge is 2.42. The van der Waals surface area contributed by atoms with Crippen LogP contribution in [0, 0.1) is 11.8 Å². The van der Waals surface area contributed by atoms with Crippen LogP contribution in [-0.2, 0) is 20.5 Å². The third-order valence-corrected chi connectivity index (χ3v) is 5.75. The zero-order chi connectivity index (χ0) is 18.6. The van der Waals surface area contributed by atoms with E-state index in [4.69, 9.17) is 15.2 Å². The summed E-state index contributed by atoms with van der Waals surface area (Å²) in [6.45, 7) is 17.6. The van der Waals surface area contributed by atoms with Crippen LogP contribution < -0.4 is 10.5 Å². The lowest BCUT2D eigenvalue weighted by Gasteiger charge is -2.44. The highest BCUT2D eigenvalue weighted by molar-refractivity contribution is 7.84. The van der Waals surface area contributed by atoms with Crippen LogP contribution in [0.4, 0.5) is 0 Å². The van der Waals surface area contributed by atoms with Crippen LogP contribution >= 0.6 is 0 Å². The maximum absolute atomic E-state index is 12.0. The van der Waals surface area contributed by atoms with Gasteiger partial charge in [-0.1, -0.05) is 27.7 Å². The summed E-state index contributed by atoms with van der Waals surface area (Å²) in [5.74, 6) is 1.29. The maximum Gasteiger partial charge on any atom is 0.0977 e. The van der Waals surface area contributed by atoms with Gasteiger partial charge in [0.15, 0.2) is 0 Å². The van der Waals surface area contributed by atoms with Crippen molar-refractivity contribution in [3.63, 3.8) is 0 Å². The monoisotopic (exact) mass is 362 g/mol. The molecule has 0 bridgehead atoms. The second-order valence-electron chi connectivity index (χ2n) is 9.31. The van der Waals surface area contributed by atoms with Crippen LogP contribution in [0.1, 0.15) is 61.3 Å². The lowest BCUT2D eigenvalue weighted by Crippen LogP contribution is -2.63. The Bertz CT molecular complexity index is 411. The molecule has 1 atom stereocenters. The second-order valence-corrected chi connectivity index (χ2v) is 11.3. The molecule has 24 heavy (non-hydrogen) atoms. The smallest absolute Gasteiger partial charge is 0.0977 e. The molecule has 0 aromatic rings.